The lowest BCUT2D eigenvalue weighted by Crippen LogP contribution is -2.10. The molecular formula is C14H10N2O2S. The molecule has 0 saturated carbocycles. The van der Waals surface area contributed by atoms with E-state index in [2.05, 4.69) is 10.3 Å². The predicted molar refractivity (Wildman–Crippen MR) is 74.2 cm³/mol. The zero-order valence-electron chi connectivity index (χ0n) is 9.87. The zero-order valence-corrected chi connectivity index (χ0v) is 10.7. The first-order chi connectivity index (χ1) is 9.33. The van der Waals surface area contributed by atoms with E-state index in [9.17, 15) is 4.79 Å². The first-order valence-electron chi connectivity index (χ1n) is 5.68. The molecule has 3 aromatic rings. The number of thiazole rings is 1. The van der Waals surface area contributed by atoms with Gasteiger partial charge in [-0.15, -0.1) is 0 Å². The summed E-state index contributed by atoms with van der Waals surface area (Å²) in [6.45, 7) is 0. The summed E-state index contributed by atoms with van der Waals surface area (Å²) < 4.78 is 4.87. The van der Waals surface area contributed by atoms with Crippen molar-refractivity contribution in [1.82, 2.24) is 4.98 Å². The molecule has 0 aliphatic heterocycles. The maximum Gasteiger partial charge on any atom is 0.260 e. The third-order valence-electron chi connectivity index (χ3n) is 2.57. The molecule has 0 aliphatic carbocycles. The van der Waals surface area contributed by atoms with E-state index >= 15 is 0 Å². The molecule has 1 N–H and O–H groups in total. The van der Waals surface area contributed by atoms with Gasteiger partial charge in [0.1, 0.15) is 6.26 Å². The van der Waals surface area contributed by atoms with Crippen LogP contribution in [-0.4, -0.2) is 10.9 Å². The first-order valence-corrected chi connectivity index (χ1v) is 6.49. The maximum absolute atomic E-state index is 11.8. The Balaban J connectivity index is 1.77. The van der Waals surface area contributed by atoms with E-state index in [1.807, 2.05) is 30.3 Å². The SMILES string of the molecule is O=C(Nc1ncc(-c2ccccc2)s1)c1ccoc1. The summed E-state index contributed by atoms with van der Waals surface area (Å²) in [6, 6.07) is 11.5. The number of rotatable bonds is 3. The normalized spacial score (nSPS) is 10.3. The summed E-state index contributed by atoms with van der Waals surface area (Å²) in [5, 5.41) is 3.32. The van der Waals surface area contributed by atoms with Crippen LogP contribution in [0.15, 0.2) is 59.5 Å². The van der Waals surface area contributed by atoms with Gasteiger partial charge in [0.15, 0.2) is 5.13 Å². The summed E-state index contributed by atoms with van der Waals surface area (Å²) in [5.74, 6) is -0.220. The van der Waals surface area contributed by atoms with Gasteiger partial charge in [-0.05, 0) is 11.6 Å². The van der Waals surface area contributed by atoms with Gasteiger partial charge >= 0.3 is 0 Å². The largest absolute Gasteiger partial charge is 0.472 e. The quantitative estimate of drug-likeness (QED) is 0.790. The highest BCUT2D eigenvalue weighted by Crippen LogP contribution is 2.28. The second-order valence-corrected chi connectivity index (χ2v) is 4.89. The number of hydrogen-bond donors (Lipinski definition) is 1. The van der Waals surface area contributed by atoms with Gasteiger partial charge in [-0.1, -0.05) is 41.7 Å². The van der Waals surface area contributed by atoms with Crippen LogP contribution >= 0.6 is 11.3 Å². The lowest BCUT2D eigenvalue weighted by Gasteiger charge is -1.97. The molecule has 1 aromatic carbocycles. The number of aromatic nitrogens is 1. The second kappa shape index (κ2) is 5.07. The Morgan fingerprint density at radius 3 is 2.79 bits per heavy atom. The molecule has 0 aliphatic rings. The van der Waals surface area contributed by atoms with E-state index < -0.39 is 0 Å². The van der Waals surface area contributed by atoms with Crippen LogP contribution in [0.1, 0.15) is 10.4 Å². The molecule has 0 unspecified atom stereocenters. The molecule has 2 heterocycles. The topological polar surface area (TPSA) is 55.1 Å². The Morgan fingerprint density at radius 2 is 2.05 bits per heavy atom. The molecule has 0 bridgehead atoms. The fourth-order valence-electron chi connectivity index (χ4n) is 1.63. The lowest BCUT2D eigenvalue weighted by molar-refractivity contribution is 0.102. The minimum absolute atomic E-state index is 0.220. The van der Waals surface area contributed by atoms with Crippen molar-refractivity contribution in [2.45, 2.75) is 0 Å². The summed E-state index contributed by atoms with van der Waals surface area (Å²) in [4.78, 5) is 17.0. The molecular weight excluding hydrogens is 260 g/mol. The average Bonchev–Trinajstić information content (AvgIpc) is 3.11. The Kier molecular flexibility index (Phi) is 3.12. The van der Waals surface area contributed by atoms with Crippen LogP contribution < -0.4 is 5.32 Å². The molecule has 5 heteroatoms. The van der Waals surface area contributed by atoms with Crippen LogP contribution in [0.4, 0.5) is 5.13 Å². The van der Waals surface area contributed by atoms with Crippen LogP contribution in [0.3, 0.4) is 0 Å². The van der Waals surface area contributed by atoms with Crippen molar-refractivity contribution in [3.63, 3.8) is 0 Å². The number of amides is 1. The standard InChI is InChI=1S/C14H10N2O2S/c17-13(11-6-7-18-9-11)16-14-15-8-12(19-14)10-4-2-1-3-5-10/h1-9H,(H,15,16,17). The van der Waals surface area contributed by atoms with E-state index in [0.717, 1.165) is 10.4 Å². The fourth-order valence-corrected chi connectivity index (χ4v) is 2.45. The zero-order chi connectivity index (χ0) is 13.1. The smallest absolute Gasteiger partial charge is 0.260 e. The molecule has 1 amide bonds. The third-order valence-corrected chi connectivity index (χ3v) is 3.53. The second-order valence-electron chi connectivity index (χ2n) is 3.86. The monoisotopic (exact) mass is 270 g/mol. The number of carbonyl (C=O) groups is 1. The molecule has 0 spiro atoms. The van der Waals surface area contributed by atoms with Crippen molar-refractivity contribution >= 4 is 22.4 Å². The molecule has 19 heavy (non-hydrogen) atoms. The molecule has 4 nitrogen and oxygen atoms in total. The van der Waals surface area contributed by atoms with E-state index in [1.165, 1.54) is 23.9 Å². The number of benzene rings is 1. The van der Waals surface area contributed by atoms with Gasteiger partial charge in [-0.3, -0.25) is 10.1 Å². The van der Waals surface area contributed by atoms with E-state index in [-0.39, 0.29) is 5.91 Å². The highest BCUT2D eigenvalue weighted by molar-refractivity contribution is 7.19. The van der Waals surface area contributed by atoms with Crippen LogP contribution in [-0.2, 0) is 0 Å². The third kappa shape index (κ3) is 2.56. The van der Waals surface area contributed by atoms with Gasteiger partial charge < -0.3 is 4.42 Å². The van der Waals surface area contributed by atoms with Crippen LogP contribution in [0.5, 0.6) is 0 Å². The van der Waals surface area contributed by atoms with Crippen molar-refractivity contribution in [2.24, 2.45) is 0 Å². The van der Waals surface area contributed by atoms with Gasteiger partial charge in [0, 0.05) is 6.20 Å². The molecule has 0 radical (unpaired) electrons. The van der Waals surface area contributed by atoms with Crippen LogP contribution in [0.2, 0.25) is 0 Å². The number of furan rings is 1. The van der Waals surface area contributed by atoms with Crippen LogP contribution in [0.25, 0.3) is 10.4 Å². The number of nitrogens with zero attached hydrogens (tertiary/aromatic N) is 1. The Hall–Kier alpha value is -2.40. The Bertz CT molecular complexity index is 675. The Morgan fingerprint density at radius 1 is 1.21 bits per heavy atom. The van der Waals surface area contributed by atoms with Crippen molar-refractivity contribution < 1.29 is 9.21 Å². The maximum atomic E-state index is 11.8. The molecule has 0 atom stereocenters. The number of anilines is 1. The minimum Gasteiger partial charge on any atom is -0.472 e. The Labute approximate surface area is 113 Å². The lowest BCUT2D eigenvalue weighted by atomic mass is 10.2. The summed E-state index contributed by atoms with van der Waals surface area (Å²) in [5.41, 5.74) is 1.57. The average molecular weight is 270 g/mol. The molecule has 3 rings (SSSR count). The van der Waals surface area contributed by atoms with E-state index in [1.54, 1.807) is 12.3 Å². The summed E-state index contributed by atoms with van der Waals surface area (Å²) in [6.07, 6.45) is 4.62. The van der Waals surface area contributed by atoms with Gasteiger partial charge in [-0.25, -0.2) is 4.98 Å². The molecule has 2 aromatic heterocycles. The molecule has 0 fully saturated rings. The van der Waals surface area contributed by atoms with E-state index in [4.69, 9.17) is 4.42 Å². The number of carbonyl (C=O) groups excluding carboxylic acids is 1. The molecule has 0 saturated heterocycles. The summed E-state index contributed by atoms with van der Waals surface area (Å²) >= 11 is 1.44. The number of hydrogen-bond acceptors (Lipinski definition) is 4. The van der Waals surface area contributed by atoms with E-state index in [0.29, 0.717) is 10.7 Å². The van der Waals surface area contributed by atoms with Crippen molar-refractivity contribution in [2.75, 3.05) is 5.32 Å². The number of nitrogens with one attached hydrogen (secondary N) is 1. The van der Waals surface area contributed by atoms with Crippen molar-refractivity contribution in [3.05, 3.63) is 60.7 Å². The highest BCUT2D eigenvalue weighted by atomic mass is 32.1. The fraction of sp³-hybridized carbons (Fsp3) is 0. The van der Waals surface area contributed by atoms with Gasteiger partial charge in [0.2, 0.25) is 0 Å². The highest BCUT2D eigenvalue weighted by Gasteiger charge is 2.10. The summed E-state index contributed by atoms with van der Waals surface area (Å²) in [7, 11) is 0. The van der Waals surface area contributed by atoms with Gasteiger partial charge in [-0.2, -0.15) is 0 Å². The predicted octanol–water partition coefficient (Wildman–Crippen LogP) is 3.66. The van der Waals surface area contributed by atoms with Gasteiger partial charge in [0.05, 0.1) is 16.7 Å². The van der Waals surface area contributed by atoms with Crippen molar-refractivity contribution in [1.29, 1.82) is 0 Å². The minimum atomic E-state index is -0.220. The van der Waals surface area contributed by atoms with Gasteiger partial charge in [0.25, 0.3) is 5.91 Å². The molecule has 94 valence electrons. The first kappa shape index (κ1) is 11.7. The van der Waals surface area contributed by atoms with Crippen molar-refractivity contribution in [3.8, 4) is 10.4 Å². The van der Waals surface area contributed by atoms with Crippen LogP contribution in [0, 0.1) is 0 Å².